The fourth-order valence-corrected chi connectivity index (χ4v) is 0.935. The number of nitrogens with zero attached hydrogens (tertiary/aromatic N) is 1. The van der Waals surface area contributed by atoms with Crippen LogP contribution in [0, 0.1) is 0 Å². The van der Waals surface area contributed by atoms with E-state index in [1.807, 2.05) is 0 Å². The molecule has 16 heavy (non-hydrogen) atoms. The van der Waals surface area contributed by atoms with Gasteiger partial charge in [0.15, 0.2) is 0 Å². The first-order chi connectivity index (χ1) is 7.17. The number of nitrogens with two attached hydrogens (primary N) is 1. The molecule has 0 heterocycles. The molecule has 0 aliphatic rings. The van der Waals surface area contributed by atoms with Gasteiger partial charge in [-0.1, -0.05) is 0 Å². The first-order valence-electron chi connectivity index (χ1n) is 4.95. The normalized spacial score (nSPS) is 12.9. The van der Waals surface area contributed by atoms with Crippen molar-refractivity contribution < 1.29 is 19.1 Å². The standard InChI is InChI=1S/C10H20N2O4/c1-10(2,3)16-9(14)12(4)6-7(11)8(13)15-5/h7H,6,11H2,1-5H3/t7-/m0/s1. The van der Waals surface area contributed by atoms with Gasteiger partial charge in [0.25, 0.3) is 0 Å². The molecule has 0 bridgehead atoms. The van der Waals surface area contributed by atoms with E-state index < -0.39 is 23.7 Å². The third-order valence-electron chi connectivity index (χ3n) is 1.68. The van der Waals surface area contributed by atoms with Gasteiger partial charge in [-0.05, 0) is 20.8 Å². The lowest BCUT2D eigenvalue weighted by atomic mass is 10.2. The van der Waals surface area contributed by atoms with Crippen molar-refractivity contribution in [2.24, 2.45) is 5.73 Å². The average molecular weight is 232 g/mol. The molecule has 0 spiro atoms. The van der Waals surface area contributed by atoms with Crippen molar-refractivity contribution in [1.82, 2.24) is 4.90 Å². The van der Waals surface area contributed by atoms with E-state index in [9.17, 15) is 9.59 Å². The van der Waals surface area contributed by atoms with Gasteiger partial charge in [0.2, 0.25) is 0 Å². The van der Waals surface area contributed by atoms with E-state index in [0.717, 1.165) is 0 Å². The molecule has 0 fully saturated rings. The highest BCUT2D eigenvalue weighted by molar-refractivity contribution is 5.76. The van der Waals surface area contributed by atoms with Crippen LogP contribution in [0.1, 0.15) is 20.8 Å². The van der Waals surface area contributed by atoms with Crippen LogP contribution in [0.15, 0.2) is 0 Å². The molecule has 94 valence electrons. The van der Waals surface area contributed by atoms with Gasteiger partial charge in [-0.3, -0.25) is 4.79 Å². The Labute approximate surface area is 95.7 Å². The molecule has 0 unspecified atom stereocenters. The zero-order chi connectivity index (χ0) is 12.9. The van der Waals surface area contributed by atoms with Gasteiger partial charge in [-0.2, -0.15) is 0 Å². The Morgan fingerprint density at radius 3 is 2.25 bits per heavy atom. The molecule has 1 atom stereocenters. The van der Waals surface area contributed by atoms with E-state index >= 15 is 0 Å². The highest BCUT2D eigenvalue weighted by Gasteiger charge is 2.23. The topological polar surface area (TPSA) is 81.9 Å². The molecule has 0 saturated heterocycles. The summed E-state index contributed by atoms with van der Waals surface area (Å²) in [6, 6.07) is -0.859. The lowest BCUT2D eigenvalue weighted by Crippen LogP contribution is -2.45. The monoisotopic (exact) mass is 232 g/mol. The predicted octanol–water partition coefficient (Wildman–Crippen LogP) is 0.354. The smallest absolute Gasteiger partial charge is 0.410 e. The summed E-state index contributed by atoms with van der Waals surface area (Å²) in [7, 11) is 2.76. The van der Waals surface area contributed by atoms with Gasteiger partial charge in [-0.15, -0.1) is 0 Å². The molecular formula is C10H20N2O4. The number of likely N-dealkylation sites (N-methyl/N-ethyl adjacent to an activating group) is 1. The molecule has 0 aromatic carbocycles. The molecule has 0 aromatic heterocycles. The third-order valence-corrected chi connectivity index (χ3v) is 1.68. The molecular weight excluding hydrogens is 212 g/mol. The van der Waals surface area contributed by atoms with Crippen LogP contribution in [-0.2, 0) is 14.3 Å². The van der Waals surface area contributed by atoms with Crippen LogP contribution in [-0.4, -0.2) is 49.3 Å². The molecule has 0 aromatic rings. The van der Waals surface area contributed by atoms with Crippen molar-refractivity contribution in [3.05, 3.63) is 0 Å². The second kappa shape index (κ2) is 5.69. The van der Waals surface area contributed by atoms with E-state index in [2.05, 4.69) is 4.74 Å². The molecule has 6 nitrogen and oxygen atoms in total. The molecule has 0 saturated carbocycles. The van der Waals surface area contributed by atoms with Crippen molar-refractivity contribution in [3.8, 4) is 0 Å². The first-order valence-corrected chi connectivity index (χ1v) is 4.95. The zero-order valence-electron chi connectivity index (χ0n) is 10.4. The summed E-state index contributed by atoms with van der Waals surface area (Å²) in [5.41, 5.74) is 4.94. The van der Waals surface area contributed by atoms with E-state index in [1.54, 1.807) is 20.8 Å². The zero-order valence-corrected chi connectivity index (χ0v) is 10.4. The Kier molecular flexibility index (Phi) is 5.23. The highest BCUT2D eigenvalue weighted by Crippen LogP contribution is 2.09. The maximum Gasteiger partial charge on any atom is 0.410 e. The summed E-state index contributed by atoms with van der Waals surface area (Å²) in [6.45, 7) is 5.35. The van der Waals surface area contributed by atoms with Gasteiger partial charge >= 0.3 is 12.1 Å². The van der Waals surface area contributed by atoms with Gasteiger partial charge in [-0.25, -0.2) is 4.79 Å². The fraction of sp³-hybridized carbons (Fsp3) is 0.800. The number of ether oxygens (including phenoxy) is 2. The quantitative estimate of drug-likeness (QED) is 0.710. The van der Waals surface area contributed by atoms with E-state index in [-0.39, 0.29) is 6.54 Å². The minimum Gasteiger partial charge on any atom is -0.468 e. The van der Waals surface area contributed by atoms with Crippen LogP contribution in [0.25, 0.3) is 0 Å². The molecule has 1 amide bonds. The van der Waals surface area contributed by atoms with Gasteiger partial charge in [0.1, 0.15) is 11.6 Å². The molecule has 0 aliphatic heterocycles. The predicted molar refractivity (Wildman–Crippen MR) is 58.9 cm³/mol. The van der Waals surface area contributed by atoms with Crippen LogP contribution in [0.4, 0.5) is 4.79 Å². The van der Waals surface area contributed by atoms with Crippen LogP contribution >= 0.6 is 0 Å². The van der Waals surface area contributed by atoms with E-state index in [4.69, 9.17) is 10.5 Å². The van der Waals surface area contributed by atoms with Crippen LogP contribution in [0.3, 0.4) is 0 Å². The summed E-state index contributed by atoms with van der Waals surface area (Å²) >= 11 is 0. The average Bonchev–Trinajstić information content (AvgIpc) is 2.13. The number of hydrogen-bond acceptors (Lipinski definition) is 5. The lowest BCUT2D eigenvalue weighted by molar-refractivity contribution is -0.142. The molecule has 6 heteroatoms. The first kappa shape index (κ1) is 14.7. The minimum absolute atomic E-state index is 0.0571. The summed E-state index contributed by atoms with van der Waals surface area (Å²) in [6.07, 6.45) is -0.521. The number of carbonyl (C=O) groups is 2. The largest absolute Gasteiger partial charge is 0.468 e. The Hall–Kier alpha value is -1.30. The van der Waals surface area contributed by atoms with Crippen molar-refractivity contribution in [2.75, 3.05) is 20.7 Å². The summed E-state index contributed by atoms with van der Waals surface area (Å²) in [5, 5.41) is 0. The maximum absolute atomic E-state index is 11.5. The van der Waals surface area contributed by atoms with Gasteiger partial charge in [0, 0.05) is 13.6 Å². The highest BCUT2D eigenvalue weighted by atomic mass is 16.6. The molecule has 0 rings (SSSR count). The Balaban J connectivity index is 4.21. The summed E-state index contributed by atoms with van der Waals surface area (Å²) < 4.78 is 9.54. The number of carbonyl (C=O) groups excluding carboxylic acids is 2. The van der Waals surface area contributed by atoms with Crippen molar-refractivity contribution in [1.29, 1.82) is 0 Å². The summed E-state index contributed by atoms with van der Waals surface area (Å²) in [5.74, 6) is -0.560. The van der Waals surface area contributed by atoms with Crippen molar-refractivity contribution in [2.45, 2.75) is 32.4 Å². The fourth-order valence-electron chi connectivity index (χ4n) is 0.935. The van der Waals surface area contributed by atoms with E-state index in [1.165, 1.54) is 19.1 Å². The number of hydrogen-bond donors (Lipinski definition) is 1. The SMILES string of the molecule is COC(=O)[C@@H](N)CN(C)C(=O)OC(C)(C)C. The van der Waals surface area contributed by atoms with Crippen molar-refractivity contribution >= 4 is 12.1 Å². The number of rotatable bonds is 3. The maximum atomic E-state index is 11.5. The van der Waals surface area contributed by atoms with Crippen LogP contribution in [0.5, 0.6) is 0 Å². The van der Waals surface area contributed by atoms with E-state index in [0.29, 0.717) is 0 Å². The molecule has 2 N–H and O–H groups in total. The summed E-state index contributed by atoms with van der Waals surface area (Å²) in [4.78, 5) is 23.8. The van der Waals surface area contributed by atoms with Gasteiger partial charge < -0.3 is 20.1 Å². The Morgan fingerprint density at radius 2 is 1.88 bits per heavy atom. The second-order valence-corrected chi connectivity index (χ2v) is 4.49. The number of esters is 1. The van der Waals surface area contributed by atoms with Gasteiger partial charge in [0.05, 0.1) is 7.11 Å². The van der Waals surface area contributed by atoms with Crippen LogP contribution < -0.4 is 5.73 Å². The molecule has 0 radical (unpaired) electrons. The second-order valence-electron chi connectivity index (χ2n) is 4.49. The van der Waals surface area contributed by atoms with Crippen molar-refractivity contribution in [3.63, 3.8) is 0 Å². The number of methoxy groups -OCH3 is 1. The van der Waals surface area contributed by atoms with Crippen LogP contribution in [0.2, 0.25) is 0 Å². The number of amides is 1. The third kappa shape index (κ3) is 5.55. The minimum atomic E-state index is -0.859. The lowest BCUT2D eigenvalue weighted by Gasteiger charge is -2.25. The Morgan fingerprint density at radius 1 is 1.38 bits per heavy atom. The molecule has 0 aliphatic carbocycles. The Bertz CT molecular complexity index is 260.